The molecule has 1 aromatic carbocycles. The number of carbonyl (C=O) groups excluding carboxylic acids is 2. The van der Waals surface area contributed by atoms with Gasteiger partial charge in [-0.25, -0.2) is 13.2 Å². The Kier molecular flexibility index (Phi) is 5.61. The number of amides is 1. The maximum Gasteiger partial charge on any atom is 0.338 e. The molecule has 1 aliphatic heterocycles. The highest BCUT2D eigenvalue weighted by Crippen LogP contribution is 2.13. The molecule has 0 N–H and O–H groups in total. The van der Waals surface area contributed by atoms with Crippen LogP contribution in [0, 0.1) is 0 Å². The minimum atomic E-state index is -3.32. The van der Waals surface area contributed by atoms with E-state index in [9.17, 15) is 18.0 Å². The van der Waals surface area contributed by atoms with Gasteiger partial charge in [-0.1, -0.05) is 0 Å². The smallest absolute Gasteiger partial charge is 0.338 e. The van der Waals surface area contributed by atoms with Crippen LogP contribution in [0.25, 0.3) is 0 Å². The van der Waals surface area contributed by atoms with Gasteiger partial charge in [0.1, 0.15) is 0 Å². The standard InChI is InChI=1S/C16H21NO6S/c1-11-8-17(9-12(2)23-11)15(18)10-22-16(19)13-4-6-14(7-5-13)24(3,20)21/h4-7,11-12H,8-10H2,1-3H3/t11-,12-/m0/s1. The van der Waals surface area contributed by atoms with Crippen molar-refractivity contribution in [2.45, 2.75) is 31.0 Å². The van der Waals surface area contributed by atoms with E-state index in [1.165, 1.54) is 24.3 Å². The van der Waals surface area contributed by atoms with Crippen LogP contribution in [0.2, 0.25) is 0 Å². The average molecular weight is 355 g/mol. The quantitative estimate of drug-likeness (QED) is 0.745. The number of carbonyl (C=O) groups is 2. The van der Waals surface area contributed by atoms with Crippen molar-refractivity contribution in [2.75, 3.05) is 26.0 Å². The van der Waals surface area contributed by atoms with Crippen molar-refractivity contribution in [3.8, 4) is 0 Å². The first-order chi connectivity index (χ1) is 11.2. The molecular formula is C16H21NO6S. The Balaban J connectivity index is 1.92. The molecule has 1 fully saturated rings. The Bertz CT molecular complexity index is 703. The molecule has 132 valence electrons. The second kappa shape index (κ2) is 7.31. The fourth-order valence-corrected chi connectivity index (χ4v) is 3.15. The average Bonchev–Trinajstić information content (AvgIpc) is 2.50. The first-order valence-corrected chi connectivity index (χ1v) is 9.46. The van der Waals surface area contributed by atoms with Gasteiger partial charge in [0.05, 0.1) is 22.7 Å². The van der Waals surface area contributed by atoms with Crippen LogP contribution in [-0.4, -0.2) is 63.4 Å². The summed E-state index contributed by atoms with van der Waals surface area (Å²) in [6.45, 7) is 4.33. The highest BCUT2D eigenvalue weighted by Gasteiger charge is 2.26. The lowest BCUT2D eigenvalue weighted by Gasteiger charge is -2.35. The molecule has 0 unspecified atom stereocenters. The number of esters is 1. The lowest BCUT2D eigenvalue weighted by molar-refractivity contribution is -0.146. The first-order valence-electron chi connectivity index (χ1n) is 7.57. The number of nitrogens with zero attached hydrogens (tertiary/aromatic N) is 1. The summed E-state index contributed by atoms with van der Waals surface area (Å²) in [5, 5.41) is 0. The number of sulfone groups is 1. The Hall–Kier alpha value is -1.93. The number of hydrogen-bond donors (Lipinski definition) is 0. The van der Waals surface area contributed by atoms with Crippen LogP contribution < -0.4 is 0 Å². The summed E-state index contributed by atoms with van der Waals surface area (Å²) in [7, 11) is -3.32. The third-order valence-electron chi connectivity index (χ3n) is 3.62. The highest BCUT2D eigenvalue weighted by atomic mass is 32.2. The number of ether oxygens (including phenoxy) is 2. The summed E-state index contributed by atoms with van der Waals surface area (Å²) >= 11 is 0. The fourth-order valence-electron chi connectivity index (χ4n) is 2.52. The second-order valence-corrected chi connectivity index (χ2v) is 7.94. The van der Waals surface area contributed by atoms with Crippen LogP contribution in [-0.2, 0) is 24.1 Å². The van der Waals surface area contributed by atoms with E-state index in [2.05, 4.69) is 0 Å². The maximum absolute atomic E-state index is 12.1. The van der Waals surface area contributed by atoms with Crippen molar-refractivity contribution in [3.05, 3.63) is 29.8 Å². The van der Waals surface area contributed by atoms with Crippen LogP contribution >= 0.6 is 0 Å². The Morgan fingerprint density at radius 2 is 1.71 bits per heavy atom. The van der Waals surface area contributed by atoms with E-state index in [4.69, 9.17) is 9.47 Å². The molecular weight excluding hydrogens is 334 g/mol. The zero-order valence-corrected chi connectivity index (χ0v) is 14.7. The van der Waals surface area contributed by atoms with E-state index < -0.39 is 15.8 Å². The minimum Gasteiger partial charge on any atom is -0.452 e. The first kappa shape index (κ1) is 18.4. The van der Waals surface area contributed by atoms with E-state index in [0.29, 0.717) is 13.1 Å². The molecule has 1 saturated heterocycles. The molecule has 1 heterocycles. The van der Waals surface area contributed by atoms with E-state index in [1.807, 2.05) is 13.8 Å². The zero-order chi connectivity index (χ0) is 17.9. The van der Waals surface area contributed by atoms with Gasteiger partial charge in [0.2, 0.25) is 0 Å². The van der Waals surface area contributed by atoms with Crippen LogP contribution in [0.4, 0.5) is 0 Å². The number of hydrogen-bond acceptors (Lipinski definition) is 6. The third-order valence-corrected chi connectivity index (χ3v) is 4.75. The van der Waals surface area contributed by atoms with Gasteiger partial charge in [-0.05, 0) is 38.1 Å². The SMILES string of the molecule is C[C@H]1CN(C(=O)COC(=O)c2ccc(S(C)(=O)=O)cc2)C[C@H](C)O1. The van der Waals surface area contributed by atoms with Crippen molar-refractivity contribution < 1.29 is 27.5 Å². The van der Waals surface area contributed by atoms with Gasteiger partial charge in [-0.15, -0.1) is 0 Å². The predicted molar refractivity (Wildman–Crippen MR) is 86.4 cm³/mol. The number of rotatable bonds is 4. The van der Waals surface area contributed by atoms with Gasteiger partial charge in [-0.3, -0.25) is 4.79 Å². The summed E-state index contributed by atoms with van der Waals surface area (Å²) in [4.78, 5) is 25.8. The molecule has 8 heteroatoms. The zero-order valence-electron chi connectivity index (χ0n) is 13.9. The maximum atomic E-state index is 12.1. The van der Waals surface area contributed by atoms with E-state index >= 15 is 0 Å². The number of benzene rings is 1. The van der Waals surface area contributed by atoms with Crippen LogP contribution in [0.15, 0.2) is 29.2 Å². The molecule has 0 bridgehead atoms. The predicted octanol–water partition coefficient (Wildman–Crippen LogP) is 0.883. The molecule has 7 nitrogen and oxygen atoms in total. The lowest BCUT2D eigenvalue weighted by atomic mass is 10.2. The monoisotopic (exact) mass is 355 g/mol. The fraction of sp³-hybridized carbons (Fsp3) is 0.500. The molecule has 0 spiro atoms. The van der Waals surface area contributed by atoms with Crippen molar-refractivity contribution >= 4 is 21.7 Å². The minimum absolute atomic E-state index is 0.0584. The van der Waals surface area contributed by atoms with Crippen LogP contribution in [0.1, 0.15) is 24.2 Å². The lowest BCUT2D eigenvalue weighted by Crippen LogP contribution is -2.49. The normalized spacial score (nSPS) is 21.4. The second-order valence-electron chi connectivity index (χ2n) is 5.93. The Morgan fingerprint density at radius 3 is 2.21 bits per heavy atom. The van der Waals surface area contributed by atoms with Crippen molar-refractivity contribution in [1.82, 2.24) is 4.90 Å². The summed E-state index contributed by atoms with van der Waals surface area (Å²) in [5.74, 6) is -0.948. The van der Waals surface area contributed by atoms with Gasteiger partial charge in [-0.2, -0.15) is 0 Å². The summed E-state index contributed by atoms with van der Waals surface area (Å²) in [5.41, 5.74) is 0.193. The van der Waals surface area contributed by atoms with Crippen molar-refractivity contribution in [2.24, 2.45) is 0 Å². The topological polar surface area (TPSA) is 90.0 Å². The molecule has 0 radical (unpaired) electrons. The molecule has 24 heavy (non-hydrogen) atoms. The van der Waals surface area contributed by atoms with Crippen molar-refractivity contribution in [3.63, 3.8) is 0 Å². The third kappa shape index (κ3) is 4.78. The molecule has 1 aliphatic rings. The van der Waals surface area contributed by atoms with Gasteiger partial charge >= 0.3 is 5.97 Å². The van der Waals surface area contributed by atoms with Crippen molar-refractivity contribution in [1.29, 1.82) is 0 Å². The van der Waals surface area contributed by atoms with E-state index in [0.717, 1.165) is 6.26 Å². The summed E-state index contributed by atoms with van der Waals surface area (Å²) < 4.78 is 33.3. The molecule has 0 aliphatic carbocycles. The van der Waals surface area contributed by atoms with E-state index in [1.54, 1.807) is 4.90 Å². The molecule has 1 aromatic rings. The Labute approximate surface area is 141 Å². The summed E-state index contributed by atoms with van der Waals surface area (Å²) in [6.07, 6.45) is 0.970. The van der Waals surface area contributed by atoms with E-state index in [-0.39, 0.29) is 35.2 Å². The Morgan fingerprint density at radius 1 is 1.17 bits per heavy atom. The number of morpholine rings is 1. The van der Waals surface area contributed by atoms with Gasteiger partial charge < -0.3 is 14.4 Å². The molecule has 0 aromatic heterocycles. The summed E-state index contributed by atoms with van der Waals surface area (Å²) in [6, 6.07) is 5.39. The van der Waals surface area contributed by atoms with Gasteiger partial charge in [0.15, 0.2) is 16.4 Å². The largest absolute Gasteiger partial charge is 0.452 e. The van der Waals surface area contributed by atoms with Gasteiger partial charge in [0.25, 0.3) is 5.91 Å². The van der Waals surface area contributed by atoms with Crippen LogP contribution in [0.5, 0.6) is 0 Å². The molecule has 2 atom stereocenters. The van der Waals surface area contributed by atoms with Crippen LogP contribution in [0.3, 0.4) is 0 Å². The highest BCUT2D eigenvalue weighted by molar-refractivity contribution is 7.90. The molecule has 2 rings (SSSR count). The molecule has 1 amide bonds. The van der Waals surface area contributed by atoms with Gasteiger partial charge in [0, 0.05) is 19.3 Å². The molecule has 0 saturated carbocycles.